The molecule has 0 aromatic heterocycles. The number of carbonyl (C=O) groups is 2. The molecule has 0 aromatic rings. The van der Waals surface area contributed by atoms with Gasteiger partial charge in [-0.3, -0.25) is 14.5 Å². The molecule has 0 aliphatic rings. The van der Waals surface area contributed by atoms with Crippen LogP contribution in [0.5, 0.6) is 0 Å². The Kier molecular flexibility index (Phi) is 4.40. The van der Waals surface area contributed by atoms with E-state index >= 15 is 0 Å². The SMILES string of the molecule is CN(C)CC(=O)OC(=O)CN. The average Bonchev–Trinajstić information content (AvgIpc) is 1.85. The third-order valence-electron chi connectivity index (χ3n) is 0.840. The standard InChI is InChI=1S/C6H12N2O3/c1-8(2)4-6(10)11-5(9)3-7/h3-4,7H2,1-2H3. The first-order valence-corrected chi connectivity index (χ1v) is 3.14. The molecule has 0 spiro atoms. The molecule has 5 heteroatoms. The van der Waals surface area contributed by atoms with E-state index in [0.717, 1.165) is 0 Å². The zero-order chi connectivity index (χ0) is 8.85. The number of nitrogens with two attached hydrogens (primary N) is 1. The molecule has 0 amide bonds. The van der Waals surface area contributed by atoms with Gasteiger partial charge in [-0.15, -0.1) is 0 Å². The first-order chi connectivity index (χ1) is 5.06. The minimum atomic E-state index is -0.697. The summed E-state index contributed by atoms with van der Waals surface area (Å²) in [6, 6.07) is 0. The Hall–Kier alpha value is -0.940. The molecular formula is C6H12N2O3. The lowest BCUT2D eigenvalue weighted by molar-refractivity contribution is -0.158. The lowest BCUT2D eigenvalue weighted by Crippen LogP contribution is -2.28. The Morgan fingerprint density at radius 1 is 1.36 bits per heavy atom. The Balaban J connectivity index is 3.61. The van der Waals surface area contributed by atoms with E-state index in [1.54, 1.807) is 19.0 Å². The lowest BCUT2D eigenvalue weighted by atomic mass is 10.6. The lowest BCUT2D eigenvalue weighted by Gasteiger charge is -2.06. The molecule has 0 saturated carbocycles. The van der Waals surface area contributed by atoms with Crippen molar-refractivity contribution in [3.63, 3.8) is 0 Å². The summed E-state index contributed by atoms with van der Waals surface area (Å²) in [6.45, 7) is -0.176. The molecule has 0 saturated heterocycles. The Morgan fingerprint density at radius 3 is 2.27 bits per heavy atom. The van der Waals surface area contributed by atoms with Crippen LogP contribution in [-0.2, 0) is 14.3 Å². The van der Waals surface area contributed by atoms with Crippen molar-refractivity contribution in [1.82, 2.24) is 4.90 Å². The van der Waals surface area contributed by atoms with Gasteiger partial charge in [0, 0.05) is 0 Å². The first kappa shape index (κ1) is 10.1. The molecule has 0 aliphatic heterocycles. The second-order valence-corrected chi connectivity index (χ2v) is 2.29. The van der Waals surface area contributed by atoms with Crippen LogP contribution < -0.4 is 5.73 Å². The van der Waals surface area contributed by atoms with Crippen LogP contribution in [0.2, 0.25) is 0 Å². The van der Waals surface area contributed by atoms with Gasteiger partial charge in [0.15, 0.2) is 0 Å². The molecule has 64 valence electrons. The van der Waals surface area contributed by atoms with Crippen molar-refractivity contribution in [2.24, 2.45) is 5.73 Å². The molecule has 11 heavy (non-hydrogen) atoms. The zero-order valence-corrected chi connectivity index (χ0v) is 6.66. The van der Waals surface area contributed by atoms with Gasteiger partial charge in [-0.1, -0.05) is 0 Å². The molecular weight excluding hydrogens is 148 g/mol. The highest BCUT2D eigenvalue weighted by Gasteiger charge is 2.08. The number of esters is 2. The predicted octanol–water partition coefficient (Wildman–Crippen LogP) is -1.42. The van der Waals surface area contributed by atoms with Crippen LogP contribution >= 0.6 is 0 Å². The van der Waals surface area contributed by atoms with E-state index in [9.17, 15) is 9.59 Å². The summed E-state index contributed by atoms with van der Waals surface area (Å²) in [7, 11) is 3.41. The monoisotopic (exact) mass is 160 g/mol. The van der Waals surface area contributed by atoms with Gasteiger partial charge in [0.1, 0.15) is 0 Å². The zero-order valence-electron chi connectivity index (χ0n) is 6.66. The maximum absolute atomic E-state index is 10.7. The third kappa shape index (κ3) is 5.50. The quantitative estimate of drug-likeness (QED) is 0.405. The van der Waals surface area contributed by atoms with Crippen molar-refractivity contribution in [2.45, 2.75) is 0 Å². The van der Waals surface area contributed by atoms with Crippen molar-refractivity contribution in [3.05, 3.63) is 0 Å². The van der Waals surface area contributed by atoms with Gasteiger partial charge in [-0.25, -0.2) is 0 Å². The molecule has 0 atom stereocenters. The summed E-state index contributed by atoms with van der Waals surface area (Å²) in [6.07, 6.45) is 0. The smallest absolute Gasteiger partial charge is 0.327 e. The van der Waals surface area contributed by atoms with Gasteiger partial charge in [0.25, 0.3) is 0 Å². The summed E-state index contributed by atoms with van der Waals surface area (Å²) < 4.78 is 4.27. The van der Waals surface area contributed by atoms with Crippen LogP contribution in [-0.4, -0.2) is 44.0 Å². The van der Waals surface area contributed by atoms with Crippen molar-refractivity contribution < 1.29 is 14.3 Å². The predicted molar refractivity (Wildman–Crippen MR) is 38.7 cm³/mol. The first-order valence-electron chi connectivity index (χ1n) is 3.14. The molecule has 0 unspecified atom stereocenters. The summed E-state index contributed by atoms with van der Waals surface area (Å²) in [5.74, 6) is -1.28. The summed E-state index contributed by atoms with van der Waals surface area (Å²) in [5, 5.41) is 0. The highest BCUT2D eigenvalue weighted by Crippen LogP contribution is 1.81. The molecule has 0 bridgehead atoms. The van der Waals surface area contributed by atoms with Crippen molar-refractivity contribution in [2.75, 3.05) is 27.2 Å². The van der Waals surface area contributed by atoms with Crippen LogP contribution in [0.15, 0.2) is 0 Å². The molecule has 0 rings (SSSR count). The van der Waals surface area contributed by atoms with Crippen LogP contribution in [0.3, 0.4) is 0 Å². The van der Waals surface area contributed by atoms with E-state index in [1.807, 2.05) is 0 Å². The van der Waals surface area contributed by atoms with Crippen molar-refractivity contribution >= 4 is 11.9 Å². The van der Waals surface area contributed by atoms with E-state index in [0.29, 0.717) is 0 Å². The molecule has 5 nitrogen and oxygen atoms in total. The number of rotatable bonds is 3. The van der Waals surface area contributed by atoms with E-state index in [2.05, 4.69) is 4.74 Å². The van der Waals surface area contributed by atoms with Crippen molar-refractivity contribution in [1.29, 1.82) is 0 Å². The van der Waals surface area contributed by atoms with Crippen LogP contribution in [0.4, 0.5) is 0 Å². The maximum atomic E-state index is 10.7. The highest BCUT2D eigenvalue weighted by atomic mass is 16.6. The molecule has 2 N–H and O–H groups in total. The molecule has 0 aromatic carbocycles. The number of likely N-dealkylation sites (N-methyl/N-ethyl adjacent to an activating group) is 1. The van der Waals surface area contributed by atoms with E-state index in [4.69, 9.17) is 5.73 Å². The minimum absolute atomic E-state index is 0.0890. The Morgan fingerprint density at radius 2 is 1.91 bits per heavy atom. The van der Waals surface area contributed by atoms with E-state index in [-0.39, 0.29) is 13.1 Å². The second kappa shape index (κ2) is 4.81. The van der Waals surface area contributed by atoms with Crippen LogP contribution in [0, 0.1) is 0 Å². The largest absolute Gasteiger partial charge is 0.391 e. The molecule has 0 aliphatic carbocycles. The van der Waals surface area contributed by atoms with Gasteiger partial charge in [0.05, 0.1) is 13.1 Å². The Bertz CT molecular complexity index is 156. The highest BCUT2D eigenvalue weighted by molar-refractivity contribution is 5.87. The number of ether oxygens (including phenoxy) is 1. The summed E-state index contributed by atoms with van der Waals surface area (Å²) in [5.41, 5.74) is 4.91. The molecule has 0 fully saturated rings. The topological polar surface area (TPSA) is 72.6 Å². The van der Waals surface area contributed by atoms with Gasteiger partial charge < -0.3 is 10.5 Å². The van der Waals surface area contributed by atoms with Gasteiger partial charge in [-0.2, -0.15) is 0 Å². The fraction of sp³-hybridized carbons (Fsp3) is 0.667. The van der Waals surface area contributed by atoms with Gasteiger partial charge in [-0.05, 0) is 14.1 Å². The van der Waals surface area contributed by atoms with Crippen LogP contribution in [0.1, 0.15) is 0 Å². The number of carbonyl (C=O) groups excluding carboxylic acids is 2. The normalized spacial score (nSPS) is 9.82. The number of hydrogen-bond acceptors (Lipinski definition) is 5. The fourth-order valence-corrected chi connectivity index (χ4v) is 0.459. The maximum Gasteiger partial charge on any atom is 0.327 e. The van der Waals surface area contributed by atoms with E-state index < -0.39 is 11.9 Å². The number of nitrogens with zero attached hydrogens (tertiary/aromatic N) is 1. The Labute approximate surface area is 65.1 Å². The van der Waals surface area contributed by atoms with Crippen molar-refractivity contribution in [3.8, 4) is 0 Å². The van der Waals surface area contributed by atoms with Gasteiger partial charge >= 0.3 is 11.9 Å². The summed E-state index contributed by atoms with van der Waals surface area (Å²) in [4.78, 5) is 22.7. The molecule has 0 radical (unpaired) electrons. The number of hydrogen-bond donors (Lipinski definition) is 1. The summed E-state index contributed by atoms with van der Waals surface area (Å²) >= 11 is 0. The minimum Gasteiger partial charge on any atom is -0.391 e. The van der Waals surface area contributed by atoms with Crippen LogP contribution in [0.25, 0.3) is 0 Å². The fourth-order valence-electron chi connectivity index (χ4n) is 0.459. The molecule has 0 heterocycles. The average molecular weight is 160 g/mol. The third-order valence-corrected chi connectivity index (χ3v) is 0.840. The van der Waals surface area contributed by atoms with E-state index in [1.165, 1.54) is 0 Å². The second-order valence-electron chi connectivity index (χ2n) is 2.29. The van der Waals surface area contributed by atoms with Gasteiger partial charge in [0.2, 0.25) is 0 Å².